The Bertz CT molecular complexity index is 496. The van der Waals surface area contributed by atoms with E-state index < -0.39 is 0 Å². The van der Waals surface area contributed by atoms with Gasteiger partial charge in [0.2, 0.25) is 0 Å². The molecule has 0 saturated carbocycles. The number of pyridine rings is 1. The van der Waals surface area contributed by atoms with Gasteiger partial charge < -0.3 is 10.2 Å². The summed E-state index contributed by atoms with van der Waals surface area (Å²) in [6, 6.07) is 8.58. The molecule has 0 bridgehead atoms. The van der Waals surface area contributed by atoms with Crippen LogP contribution in [0.15, 0.2) is 36.7 Å². The van der Waals surface area contributed by atoms with Gasteiger partial charge in [0.15, 0.2) is 0 Å². The first-order valence-corrected chi connectivity index (χ1v) is 6.23. The van der Waals surface area contributed by atoms with Crippen LogP contribution < -0.4 is 10.2 Å². The van der Waals surface area contributed by atoms with E-state index in [4.69, 9.17) is 0 Å². The second-order valence-electron chi connectivity index (χ2n) is 4.46. The van der Waals surface area contributed by atoms with Gasteiger partial charge in [-0.25, -0.2) is 0 Å². The van der Waals surface area contributed by atoms with Crippen LogP contribution >= 0.6 is 0 Å². The fourth-order valence-corrected chi connectivity index (χ4v) is 2.47. The molecule has 0 spiro atoms. The molecule has 2 heterocycles. The molecule has 0 unspecified atom stereocenters. The highest BCUT2D eigenvalue weighted by molar-refractivity contribution is 5.93. The lowest BCUT2D eigenvalue weighted by Crippen LogP contribution is -2.27. The summed E-state index contributed by atoms with van der Waals surface area (Å²) in [6.07, 6.45) is 5.03. The number of rotatable bonds is 1. The minimum Gasteiger partial charge on any atom is -0.370 e. The molecule has 1 aromatic heterocycles. The Labute approximate surface area is 101 Å². The fourth-order valence-electron chi connectivity index (χ4n) is 2.47. The molecule has 1 saturated heterocycles. The van der Waals surface area contributed by atoms with E-state index in [9.17, 15) is 0 Å². The van der Waals surface area contributed by atoms with Crippen LogP contribution in [0.5, 0.6) is 0 Å². The Balaban J connectivity index is 2.03. The normalized spacial score (nSPS) is 17.1. The summed E-state index contributed by atoms with van der Waals surface area (Å²) in [7, 11) is 0. The number of hydrogen-bond acceptors (Lipinski definition) is 3. The quantitative estimate of drug-likeness (QED) is 0.808. The number of nitrogens with zero attached hydrogens (tertiary/aromatic N) is 2. The van der Waals surface area contributed by atoms with Gasteiger partial charge in [-0.15, -0.1) is 0 Å². The van der Waals surface area contributed by atoms with Gasteiger partial charge >= 0.3 is 0 Å². The van der Waals surface area contributed by atoms with Crippen LogP contribution in [0.25, 0.3) is 10.8 Å². The molecule has 1 aliphatic rings. The molecule has 2 aromatic rings. The molecule has 3 rings (SSSR count). The average molecular weight is 227 g/mol. The van der Waals surface area contributed by atoms with E-state index in [2.05, 4.69) is 39.5 Å². The largest absolute Gasteiger partial charge is 0.370 e. The third-order valence-electron chi connectivity index (χ3n) is 3.34. The molecular formula is C14H17N3. The second-order valence-corrected chi connectivity index (χ2v) is 4.46. The van der Waals surface area contributed by atoms with Crippen molar-refractivity contribution < 1.29 is 0 Å². The molecule has 0 radical (unpaired) electrons. The van der Waals surface area contributed by atoms with Gasteiger partial charge in [-0.05, 0) is 25.1 Å². The Morgan fingerprint density at radius 3 is 3.12 bits per heavy atom. The van der Waals surface area contributed by atoms with Crippen molar-refractivity contribution in [2.75, 3.05) is 31.1 Å². The lowest BCUT2D eigenvalue weighted by molar-refractivity contribution is 0.724. The van der Waals surface area contributed by atoms with Gasteiger partial charge in [0.1, 0.15) is 0 Å². The highest BCUT2D eigenvalue weighted by Crippen LogP contribution is 2.26. The molecule has 0 aliphatic carbocycles. The Morgan fingerprint density at radius 1 is 1.12 bits per heavy atom. The predicted octanol–water partition coefficient (Wildman–Crippen LogP) is 2.03. The van der Waals surface area contributed by atoms with E-state index in [1.807, 2.05) is 12.4 Å². The van der Waals surface area contributed by atoms with Gasteiger partial charge in [0.05, 0.1) is 0 Å². The van der Waals surface area contributed by atoms with Crippen molar-refractivity contribution in [3.63, 3.8) is 0 Å². The average Bonchev–Trinajstić information content (AvgIpc) is 2.67. The third-order valence-corrected chi connectivity index (χ3v) is 3.34. The van der Waals surface area contributed by atoms with Crippen LogP contribution in [0.4, 0.5) is 5.69 Å². The minimum absolute atomic E-state index is 1.07. The van der Waals surface area contributed by atoms with E-state index in [-0.39, 0.29) is 0 Å². The molecule has 17 heavy (non-hydrogen) atoms. The lowest BCUT2D eigenvalue weighted by atomic mass is 10.1. The van der Waals surface area contributed by atoms with Crippen molar-refractivity contribution in [3.05, 3.63) is 36.7 Å². The zero-order valence-electron chi connectivity index (χ0n) is 9.89. The molecule has 3 nitrogen and oxygen atoms in total. The van der Waals surface area contributed by atoms with Crippen molar-refractivity contribution in [3.8, 4) is 0 Å². The van der Waals surface area contributed by atoms with E-state index in [1.54, 1.807) is 0 Å². The molecule has 1 aliphatic heterocycles. The number of hydrogen-bond donors (Lipinski definition) is 1. The standard InChI is InChI=1S/C14H17N3/c1-3-12-11-16-7-5-13(12)14(4-1)17-9-2-6-15-8-10-17/h1,3-5,7,11,15H,2,6,8-10H2. The van der Waals surface area contributed by atoms with Gasteiger partial charge in [-0.3, -0.25) is 4.98 Å². The lowest BCUT2D eigenvalue weighted by Gasteiger charge is -2.23. The number of nitrogens with one attached hydrogen (secondary N) is 1. The fraction of sp³-hybridized carbons (Fsp3) is 0.357. The summed E-state index contributed by atoms with van der Waals surface area (Å²) in [5, 5.41) is 5.97. The summed E-state index contributed by atoms with van der Waals surface area (Å²) < 4.78 is 0. The molecule has 88 valence electrons. The van der Waals surface area contributed by atoms with E-state index in [1.165, 1.54) is 22.9 Å². The molecule has 0 atom stereocenters. The topological polar surface area (TPSA) is 28.2 Å². The van der Waals surface area contributed by atoms with Crippen molar-refractivity contribution >= 4 is 16.5 Å². The SMILES string of the molecule is c1cc(N2CCCNCC2)c2ccncc2c1. The van der Waals surface area contributed by atoms with Crippen LogP contribution in [-0.2, 0) is 0 Å². The smallest absolute Gasteiger partial charge is 0.0447 e. The highest BCUT2D eigenvalue weighted by Gasteiger charge is 2.11. The maximum absolute atomic E-state index is 4.19. The van der Waals surface area contributed by atoms with Crippen LogP contribution in [0, 0.1) is 0 Å². The van der Waals surface area contributed by atoms with Gasteiger partial charge in [-0.2, -0.15) is 0 Å². The van der Waals surface area contributed by atoms with Gasteiger partial charge in [0, 0.05) is 48.5 Å². The third kappa shape index (κ3) is 2.11. The Morgan fingerprint density at radius 2 is 2.12 bits per heavy atom. The maximum Gasteiger partial charge on any atom is 0.0447 e. The zero-order valence-corrected chi connectivity index (χ0v) is 9.89. The van der Waals surface area contributed by atoms with Crippen molar-refractivity contribution in [1.82, 2.24) is 10.3 Å². The second kappa shape index (κ2) is 4.72. The van der Waals surface area contributed by atoms with Crippen molar-refractivity contribution in [2.45, 2.75) is 6.42 Å². The molecule has 1 N–H and O–H groups in total. The van der Waals surface area contributed by atoms with E-state index in [0.717, 1.165) is 26.2 Å². The van der Waals surface area contributed by atoms with Crippen LogP contribution in [-0.4, -0.2) is 31.2 Å². The first-order chi connectivity index (χ1) is 8.45. The minimum atomic E-state index is 1.07. The first-order valence-electron chi connectivity index (χ1n) is 6.23. The van der Waals surface area contributed by atoms with Crippen LogP contribution in [0.1, 0.15) is 6.42 Å². The molecule has 1 fully saturated rings. The first kappa shape index (κ1) is 10.5. The van der Waals surface area contributed by atoms with Crippen molar-refractivity contribution in [2.24, 2.45) is 0 Å². The van der Waals surface area contributed by atoms with E-state index >= 15 is 0 Å². The predicted molar refractivity (Wildman–Crippen MR) is 71.4 cm³/mol. The van der Waals surface area contributed by atoms with Crippen molar-refractivity contribution in [1.29, 1.82) is 0 Å². The Hall–Kier alpha value is -1.61. The monoisotopic (exact) mass is 227 g/mol. The summed E-state index contributed by atoms with van der Waals surface area (Å²) >= 11 is 0. The summed E-state index contributed by atoms with van der Waals surface area (Å²) in [5.74, 6) is 0. The number of fused-ring (bicyclic) bond motifs is 1. The zero-order chi connectivity index (χ0) is 11.5. The van der Waals surface area contributed by atoms with Gasteiger partial charge in [-0.1, -0.05) is 12.1 Å². The summed E-state index contributed by atoms with van der Waals surface area (Å²) in [5.41, 5.74) is 1.34. The maximum atomic E-state index is 4.19. The summed E-state index contributed by atoms with van der Waals surface area (Å²) in [6.45, 7) is 4.42. The number of anilines is 1. The highest BCUT2D eigenvalue weighted by atomic mass is 15.2. The van der Waals surface area contributed by atoms with E-state index in [0.29, 0.717) is 0 Å². The summed E-state index contributed by atoms with van der Waals surface area (Å²) in [4.78, 5) is 6.66. The van der Waals surface area contributed by atoms with Gasteiger partial charge in [0.25, 0.3) is 0 Å². The van der Waals surface area contributed by atoms with Crippen LogP contribution in [0.3, 0.4) is 0 Å². The molecule has 3 heteroatoms. The number of aromatic nitrogens is 1. The molecule has 0 amide bonds. The molecule has 1 aromatic carbocycles. The molecular weight excluding hydrogens is 210 g/mol. The number of benzene rings is 1. The Kier molecular flexibility index (Phi) is 2.92. The van der Waals surface area contributed by atoms with Crippen LogP contribution in [0.2, 0.25) is 0 Å².